The van der Waals surface area contributed by atoms with Gasteiger partial charge in [0.1, 0.15) is 23.0 Å². The van der Waals surface area contributed by atoms with Gasteiger partial charge in [-0.3, -0.25) is 9.78 Å². The molecule has 0 saturated heterocycles. The molecule has 30 heavy (non-hydrogen) atoms. The van der Waals surface area contributed by atoms with E-state index in [1.807, 2.05) is 19.9 Å². The summed E-state index contributed by atoms with van der Waals surface area (Å²) < 4.78 is 49.4. The molecule has 0 unspecified atom stereocenters. The lowest BCUT2D eigenvalue weighted by Gasteiger charge is -2.11. The van der Waals surface area contributed by atoms with Crippen molar-refractivity contribution in [3.8, 4) is 11.1 Å². The normalized spacial score (nSPS) is 10.8. The zero-order valence-corrected chi connectivity index (χ0v) is 17.1. The lowest BCUT2D eigenvalue weighted by molar-refractivity contribution is -0.141. The molecule has 0 saturated carbocycles. The highest BCUT2D eigenvalue weighted by molar-refractivity contribution is 6.29. The third-order valence-electron chi connectivity index (χ3n) is 4.03. The number of nitrogens with zero attached hydrogens (tertiary/aromatic N) is 2. The average molecular weight is 440 g/mol. The van der Waals surface area contributed by atoms with Gasteiger partial charge >= 0.3 is 6.18 Å². The lowest BCUT2D eigenvalue weighted by atomic mass is 10.00. The Morgan fingerprint density at radius 1 is 1.10 bits per heavy atom. The Balaban J connectivity index is 0.000000232. The van der Waals surface area contributed by atoms with Crippen LogP contribution >= 0.6 is 11.6 Å². The maximum atomic E-state index is 13.6. The standard InChI is InChI=1S/C14H14ClFN2.C7H4F3NO/c1-8-4-12(16)13(17-3)7-11(8)10-5-9(2)18-14(15)6-10;8-7(9,10)6-3-5(4-12)1-2-11-6/h4-7,17H,1-3H3;1-4H. The predicted molar refractivity (Wildman–Crippen MR) is 108 cm³/mol. The first-order valence-corrected chi connectivity index (χ1v) is 9.04. The summed E-state index contributed by atoms with van der Waals surface area (Å²) in [5, 5.41) is 3.28. The first-order valence-electron chi connectivity index (χ1n) is 8.66. The van der Waals surface area contributed by atoms with Gasteiger partial charge in [-0.1, -0.05) is 11.6 Å². The Morgan fingerprint density at radius 2 is 1.80 bits per heavy atom. The Labute approximate surface area is 175 Å². The molecule has 0 amide bonds. The molecule has 0 atom stereocenters. The number of aldehydes is 1. The monoisotopic (exact) mass is 439 g/mol. The van der Waals surface area contributed by atoms with Crippen molar-refractivity contribution in [3.05, 3.63) is 76.1 Å². The number of nitrogens with one attached hydrogen (secondary N) is 1. The van der Waals surface area contributed by atoms with E-state index in [4.69, 9.17) is 11.6 Å². The summed E-state index contributed by atoms with van der Waals surface area (Å²) in [7, 11) is 1.70. The first-order chi connectivity index (χ1) is 14.0. The number of aryl methyl sites for hydroxylation is 2. The summed E-state index contributed by atoms with van der Waals surface area (Å²) >= 11 is 5.96. The Kier molecular flexibility index (Phi) is 7.50. The molecule has 3 aromatic rings. The predicted octanol–water partition coefficient (Wildman–Crippen LogP) is 6.11. The number of hydrogen-bond acceptors (Lipinski definition) is 4. The van der Waals surface area contributed by atoms with E-state index in [1.54, 1.807) is 19.2 Å². The summed E-state index contributed by atoms with van der Waals surface area (Å²) in [5.74, 6) is -0.254. The van der Waals surface area contributed by atoms with Crippen molar-refractivity contribution in [1.82, 2.24) is 9.97 Å². The fourth-order valence-electron chi connectivity index (χ4n) is 2.63. The molecule has 3 rings (SSSR count). The number of aromatic nitrogens is 2. The Bertz CT molecular complexity index is 1030. The summed E-state index contributed by atoms with van der Waals surface area (Å²) in [6.07, 6.45) is -3.19. The van der Waals surface area contributed by atoms with Gasteiger partial charge in [-0.2, -0.15) is 13.2 Å². The molecule has 0 fully saturated rings. The Hall–Kier alpha value is -3.00. The lowest BCUT2D eigenvalue weighted by Crippen LogP contribution is -2.07. The quantitative estimate of drug-likeness (QED) is 0.304. The zero-order chi connectivity index (χ0) is 22.5. The molecule has 0 aliphatic rings. The van der Waals surface area contributed by atoms with Crippen LogP contribution in [0.1, 0.15) is 27.3 Å². The molecule has 0 spiro atoms. The molecule has 0 bridgehead atoms. The molecule has 0 aliphatic heterocycles. The SMILES string of the molecule is CNc1cc(-c2cc(C)nc(Cl)c2)c(C)cc1F.O=Cc1ccnc(C(F)(F)F)c1. The molecule has 2 aromatic heterocycles. The van der Waals surface area contributed by atoms with Crippen LogP contribution in [0, 0.1) is 19.7 Å². The number of hydrogen-bond donors (Lipinski definition) is 1. The third kappa shape index (κ3) is 6.00. The van der Waals surface area contributed by atoms with Crippen LogP contribution in [-0.4, -0.2) is 23.3 Å². The van der Waals surface area contributed by atoms with Crippen molar-refractivity contribution >= 4 is 23.6 Å². The minimum absolute atomic E-state index is 0.0303. The van der Waals surface area contributed by atoms with Crippen LogP contribution in [0.15, 0.2) is 42.6 Å². The third-order valence-corrected chi connectivity index (χ3v) is 4.22. The number of halogens is 5. The highest BCUT2D eigenvalue weighted by Gasteiger charge is 2.32. The second-order valence-electron chi connectivity index (χ2n) is 6.31. The van der Waals surface area contributed by atoms with Crippen molar-refractivity contribution in [2.45, 2.75) is 20.0 Å². The van der Waals surface area contributed by atoms with E-state index < -0.39 is 11.9 Å². The van der Waals surface area contributed by atoms with Gasteiger partial charge in [-0.25, -0.2) is 9.37 Å². The van der Waals surface area contributed by atoms with E-state index in [-0.39, 0.29) is 11.4 Å². The molecular formula is C21H18ClF4N3O. The number of pyridine rings is 2. The fraction of sp³-hybridized carbons (Fsp3) is 0.190. The summed E-state index contributed by atoms with van der Waals surface area (Å²) in [5.41, 5.74) is 3.00. The second kappa shape index (κ2) is 9.67. The van der Waals surface area contributed by atoms with Crippen LogP contribution in [0.5, 0.6) is 0 Å². The van der Waals surface area contributed by atoms with Gasteiger partial charge in [0.2, 0.25) is 0 Å². The summed E-state index contributed by atoms with van der Waals surface area (Å²) in [6.45, 7) is 3.76. The molecular weight excluding hydrogens is 422 g/mol. The van der Waals surface area contributed by atoms with Crippen LogP contribution in [-0.2, 0) is 6.18 Å². The van der Waals surface area contributed by atoms with E-state index >= 15 is 0 Å². The van der Waals surface area contributed by atoms with Gasteiger partial charge < -0.3 is 5.32 Å². The number of benzene rings is 1. The highest BCUT2D eigenvalue weighted by Crippen LogP contribution is 2.30. The van der Waals surface area contributed by atoms with E-state index in [9.17, 15) is 22.4 Å². The van der Waals surface area contributed by atoms with Crippen LogP contribution in [0.25, 0.3) is 11.1 Å². The van der Waals surface area contributed by atoms with Crippen LogP contribution in [0.2, 0.25) is 5.15 Å². The summed E-state index contributed by atoms with van der Waals surface area (Å²) in [6, 6.07) is 8.94. The van der Waals surface area contributed by atoms with E-state index in [0.717, 1.165) is 28.6 Å². The molecule has 0 aliphatic carbocycles. The van der Waals surface area contributed by atoms with Crippen LogP contribution in [0.4, 0.5) is 23.2 Å². The van der Waals surface area contributed by atoms with E-state index in [1.165, 1.54) is 12.1 Å². The fourth-order valence-corrected chi connectivity index (χ4v) is 2.88. The number of alkyl halides is 3. The molecule has 1 N–H and O–H groups in total. The van der Waals surface area contributed by atoms with Gasteiger partial charge in [-0.05, 0) is 66.9 Å². The maximum absolute atomic E-state index is 13.6. The molecule has 0 radical (unpaired) electrons. The number of rotatable bonds is 3. The number of carbonyl (C=O) groups is 1. The minimum Gasteiger partial charge on any atom is -0.386 e. The molecule has 4 nitrogen and oxygen atoms in total. The van der Waals surface area contributed by atoms with Crippen LogP contribution < -0.4 is 5.32 Å². The van der Waals surface area contributed by atoms with Gasteiger partial charge in [0, 0.05) is 24.5 Å². The van der Waals surface area contributed by atoms with Crippen molar-refractivity contribution in [3.63, 3.8) is 0 Å². The largest absolute Gasteiger partial charge is 0.433 e. The first kappa shape index (κ1) is 23.3. The smallest absolute Gasteiger partial charge is 0.386 e. The Morgan fingerprint density at radius 3 is 2.37 bits per heavy atom. The van der Waals surface area contributed by atoms with Crippen molar-refractivity contribution in [2.75, 3.05) is 12.4 Å². The second-order valence-corrected chi connectivity index (χ2v) is 6.69. The van der Waals surface area contributed by atoms with Crippen molar-refractivity contribution < 1.29 is 22.4 Å². The molecule has 1 aromatic carbocycles. The van der Waals surface area contributed by atoms with Gasteiger partial charge in [0.05, 0.1) is 5.69 Å². The topological polar surface area (TPSA) is 54.9 Å². The average Bonchev–Trinajstić information content (AvgIpc) is 2.67. The number of anilines is 1. The van der Waals surface area contributed by atoms with Gasteiger partial charge in [-0.15, -0.1) is 0 Å². The van der Waals surface area contributed by atoms with Gasteiger partial charge in [0.15, 0.2) is 0 Å². The molecule has 2 heterocycles. The molecule has 9 heteroatoms. The number of carbonyl (C=O) groups excluding carboxylic acids is 1. The summed E-state index contributed by atoms with van der Waals surface area (Å²) in [4.78, 5) is 17.3. The van der Waals surface area contributed by atoms with Crippen LogP contribution in [0.3, 0.4) is 0 Å². The van der Waals surface area contributed by atoms with Crippen molar-refractivity contribution in [1.29, 1.82) is 0 Å². The van der Waals surface area contributed by atoms with Gasteiger partial charge in [0.25, 0.3) is 0 Å². The van der Waals surface area contributed by atoms with E-state index in [2.05, 4.69) is 15.3 Å². The highest BCUT2D eigenvalue weighted by atomic mass is 35.5. The molecule has 158 valence electrons. The van der Waals surface area contributed by atoms with Crippen molar-refractivity contribution in [2.24, 2.45) is 0 Å². The minimum atomic E-state index is -4.49. The van der Waals surface area contributed by atoms with E-state index in [0.29, 0.717) is 23.2 Å². The maximum Gasteiger partial charge on any atom is 0.433 e. The zero-order valence-electron chi connectivity index (χ0n) is 16.3.